The summed E-state index contributed by atoms with van der Waals surface area (Å²) < 4.78 is 25.2. The number of aromatic nitrogens is 3. The molecule has 1 N–H and O–H groups in total. The maximum absolute atomic E-state index is 12.2. The molecule has 1 aromatic rings. The van der Waals surface area contributed by atoms with Crippen molar-refractivity contribution in [2.24, 2.45) is 0 Å². The number of carbonyl (C=O) groups is 1. The van der Waals surface area contributed by atoms with Crippen molar-refractivity contribution in [3.05, 3.63) is 12.2 Å². The molecule has 1 aromatic heterocycles. The summed E-state index contributed by atoms with van der Waals surface area (Å²) >= 11 is 0. The molecule has 1 aliphatic heterocycles. The molecule has 0 radical (unpaired) electrons. The summed E-state index contributed by atoms with van der Waals surface area (Å²) in [6.45, 7) is 0.546. The third-order valence-corrected chi connectivity index (χ3v) is 7.03. The molecule has 9 heteroatoms. The van der Waals surface area contributed by atoms with Gasteiger partial charge in [0.15, 0.2) is 15.7 Å². The van der Waals surface area contributed by atoms with E-state index in [0.717, 1.165) is 18.7 Å². The Morgan fingerprint density at radius 2 is 2.08 bits per heavy atom. The highest BCUT2D eigenvalue weighted by atomic mass is 32.2. The average molecular weight is 369 g/mol. The highest BCUT2D eigenvalue weighted by molar-refractivity contribution is 7.91. The second-order valence-corrected chi connectivity index (χ2v) is 9.42. The number of likely N-dealkylation sites (N-methyl/N-ethyl adjacent to an activating group) is 1. The van der Waals surface area contributed by atoms with Crippen LogP contribution < -0.4 is 5.32 Å². The van der Waals surface area contributed by atoms with Crippen LogP contribution in [0.1, 0.15) is 50.4 Å². The van der Waals surface area contributed by atoms with Gasteiger partial charge in [-0.2, -0.15) is 0 Å². The quantitative estimate of drug-likeness (QED) is 0.785. The number of sulfone groups is 1. The van der Waals surface area contributed by atoms with E-state index in [9.17, 15) is 13.2 Å². The number of hydrogen-bond donors (Lipinski definition) is 1. The molecule has 1 saturated carbocycles. The molecule has 1 amide bonds. The number of carbonyl (C=O) groups excluding carboxylic acids is 1. The lowest BCUT2D eigenvalue weighted by molar-refractivity contribution is -0.122. The largest absolute Gasteiger partial charge is 0.348 e. The van der Waals surface area contributed by atoms with Gasteiger partial charge in [0.05, 0.1) is 24.6 Å². The fraction of sp³-hybridized carbons (Fsp3) is 0.812. The number of nitrogens with zero attached hydrogens (tertiary/aromatic N) is 4. The van der Waals surface area contributed by atoms with Gasteiger partial charge in [0.2, 0.25) is 5.91 Å². The minimum Gasteiger partial charge on any atom is -0.348 e. The molecule has 25 heavy (non-hydrogen) atoms. The normalized spacial score (nSPS) is 23.8. The summed E-state index contributed by atoms with van der Waals surface area (Å²) in [7, 11) is -1.14. The molecular formula is C16H27N5O3S. The van der Waals surface area contributed by atoms with E-state index in [2.05, 4.69) is 20.1 Å². The molecule has 2 fully saturated rings. The fourth-order valence-corrected chi connectivity index (χ4v) is 5.57. The lowest BCUT2D eigenvalue weighted by atomic mass is 9.95. The van der Waals surface area contributed by atoms with Gasteiger partial charge in [-0.15, -0.1) is 10.2 Å². The fourth-order valence-electron chi connectivity index (χ4n) is 3.77. The van der Waals surface area contributed by atoms with Gasteiger partial charge < -0.3 is 9.88 Å². The SMILES string of the molecule is CN(CC(=O)NCc1nncn1C1CCCCC1)C1CCS(=O)(=O)C1. The van der Waals surface area contributed by atoms with Gasteiger partial charge in [-0.05, 0) is 26.3 Å². The molecule has 3 rings (SSSR count). The molecule has 0 bridgehead atoms. The second-order valence-electron chi connectivity index (χ2n) is 7.19. The van der Waals surface area contributed by atoms with Crippen LogP contribution in [0.3, 0.4) is 0 Å². The van der Waals surface area contributed by atoms with E-state index in [1.54, 1.807) is 13.4 Å². The van der Waals surface area contributed by atoms with Gasteiger partial charge in [-0.25, -0.2) is 8.42 Å². The Hall–Kier alpha value is -1.48. The van der Waals surface area contributed by atoms with Crippen LogP contribution in [-0.4, -0.2) is 65.1 Å². The van der Waals surface area contributed by atoms with Gasteiger partial charge >= 0.3 is 0 Å². The van der Waals surface area contributed by atoms with E-state index in [-0.39, 0.29) is 30.0 Å². The Labute approximate surface area is 148 Å². The summed E-state index contributed by atoms with van der Waals surface area (Å²) in [6, 6.07) is 0.365. The Kier molecular flexibility index (Phi) is 5.73. The van der Waals surface area contributed by atoms with Crippen LogP contribution in [0.2, 0.25) is 0 Å². The van der Waals surface area contributed by atoms with Gasteiger partial charge in [0, 0.05) is 12.1 Å². The molecule has 2 heterocycles. The van der Waals surface area contributed by atoms with Crippen LogP contribution in [0.5, 0.6) is 0 Å². The van der Waals surface area contributed by atoms with Crippen LogP contribution in [0, 0.1) is 0 Å². The smallest absolute Gasteiger partial charge is 0.234 e. The molecule has 1 atom stereocenters. The van der Waals surface area contributed by atoms with Gasteiger partial charge in [0.25, 0.3) is 0 Å². The predicted octanol–water partition coefficient (Wildman–Crippen LogP) is 0.518. The molecule has 140 valence electrons. The van der Waals surface area contributed by atoms with Crippen molar-refractivity contribution < 1.29 is 13.2 Å². The van der Waals surface area contributed by atoms with Crippen LogP contribution in [0.25, 0.3) is 0 Å². The third-order valence-electron chi connectivity index (χ3n) is 5.28. The summed E-state index contributed by atoms with van der Waals surface area (Å²) in [5, 5.41) is 11.0. The first-order valence-corrected chi connectivity index (χ1v) is 10.8. The Morgan fingerprint density at radius 1 is 1.32 bits per heavy atom. The highest BCUT2D eigenvalue weighted by Crippen LogP contribution is 2.28. The zero-order chi connectivity index (χ0) is 17.9. The van der Waals surface area contributed by atoms with E-state index < -0.39 is 9.84 Å². The molecular weight excluding hydrogens is 342 g/mol. The minimum atomic E-state index is -2.94. The first-order chi connectivity index (χ1) is 11.9. The first-order valence-electron chi connectivity index (χ1n) is 9.00. The van der Waals surface area contributed by atoms with E-state index in [1.807, 2.05) is 4.90 Å². The Bertz CT molecular complexity index is 696. The summed E-state index contributed by atoms with van der Waals surface area (Å²) in [5.74, 6) is 1.03. The number of nitrogens with one attached hydrogen (secondary N) is 1. The standard InChI is InChI=1S/C16H27N5O3S/c1-20(14-7-8-25(23,24)11-14)10-16(22)17-9-15-19-18-12-21(15)13-5-3-2-4-6-13/h12-14H,2-11H2,1H3,(H,17,22). The zero-order valence-corrected chi connectivity index (χ0v) is 15.5. The Morgan fingerprint density at radius 3 is 2.76 bits per heavy atom. The molecule has 2 aliphatic rings. The predicted molar refractivity (Wildman–Crippen MR) is 93.7 cm³/mol. The number of hydrogen-bond acceptors (Lipinski definition) is 6. The van der Waals surface area contributed by atoms with Crippen molar-refractivity contribution in [3.63, 3.8) is 0 Å². The van der Waals surface area contributed by atoms with Crippen molar-refractivity contribution in [2.75, 3.05) is 25.1 Å². The molecule has 1 unspecified atom stereocenters. The lowest BCUT2D eigenvalue weighted by Gasteiger charge is -2.24. The van der Waals surface area contributed by atoms with Gasteiger partial charge in [0.1, 0.15) is 6.33 Å². The van der Waals surface area contributed by atoms with E-state index >= 15 is 0 Å². The maximum Gasteiger partial charge on any atom is 0.234 e. The van der Waals surface area contributed by atoms with Gasteiger partial charge in [-0.3, -0.25) is 9.69 Å². The molecule has 1 aliphatic carbocycles. The van der Waals surface area contributed by atoms with Gasteiger partial charge in [-0.1, -0.05) is 19.3 Å². The zero-order valence-electron chi connectivity index (χ0n) is 14.7. The minimum absolute atomic E-state index is 0.0679. The maximum atomic E-state index is 12.2. The first kappa shape index (κ1) is 18.3. The monoisotopic (exact) mass is 369 g/mol. The number of rotatable bonds is 6. The second kappa shape index (κ2) is 7.82. The topological polar surface area (TPSA) is 97.2 Å². The van der Waals surface area contributed by atoms with Crippen LogP contribution in [0.4, 0.5) is 0 Å². The lowest BCUT2D eigenvalue weighted by Crippen LogP contribution is -2.41. The van der Waals surface area contributed by atoms with Crippen LogP contribution in [0.15, 0.2) is 6.33 Å². The van der Waals surface area contributed by atoms with Crippen molar-refractivity contribution in [2.45, 2.75) is 57.2 Å². The summed E-state index contributed by atoms with van der Waals surface area (Å²) in [5.41, 5.74) is 0. The van der Waals surface area contributed by atoms with E-state index in [1.165, 1.54) is 19.3 Å². The molecule has 0 aromatic carbocycles. The molecule has 1 saturated heterocycles. The summed E-state index contributed by atoms with van der Waals surface area (Å²) in [4.78, 5) is 14.0. The highest BCUT2D eigenvalue weighted by Gasteiger charge is 2.31. The molecule has 0 spiro atoms. The van der Waals surface area contributed by atoms with Crippen molar-refractivity contribution >= 4 is 15.7 Å². The van der Waals surface area contributed by atoms with Crippen LogP contribution in [-0.2, 0) is 21.2 Å². The van der Waals surface area contributed by atoms with E-state index in [0.29, 0.717) is 19.0 Å². The van der Waals surface area contributed by atoms with Crippen molar-refractivity contribution in [3.8, 4) is 0 Å². The van der Waals surface area contributed by atoms with Crippen molar-refractivity contribution in [1.29, 1.82) is 0 Å². The summed E-state index contributed by atoms with van der Waals surface area (Å²) in [6.07, 6.45) is 8.37. The Balaban J connectivity index is 1.49. The molecule has 8 nitrogen and oxygen atoms in total. The van der Waals surface area contributed by atoms with E-state index in [4.69, 9.17) is 0 Å². The van der Waals surface area contributed by atoms with Crippen molar-refractivity contribution in [1.82, 2.24) is 25.0 Å². The third kappa shape index (κ3) is 4.78. The average Bonchev–Trinajstić information content (AvgIpc) is 3.20. The number of amides is 1. The van der Waals surface area contributed by atoms with Crippen LogP contribution >= 0.6 is 0 Å².